The smallest absolute Gasteiger partial charge is 0.186 e. The second kappa shape index (κ2) is 3.06. The van der Waals surface area contributed by atoms with Gasteiger partial charge in [-0.05, 0) is 28.1 Å². The van der Waals surface area contributed by atoms with Crippen LogP contribution in [-0.2, 0) is 0 Å². The van der Waals surface area contributed by atoms with Gasteiger partial charge in [0.25, 0.3) is 0 Å². The van der Waals surface area contributed by atoms with Crippen LogP contribution < -0.4 is 0 Å². The van der Waals surface area contributed by atoms with Crippen molar-refractivity contribution >= 4 is 15.9 Å². The third kappa shape index (κ3) is 1.25. The molecule has 2 aromatic heterocycles. The molecular formula is C8H5BrN2O. The summed E-state index contributed by atoms with van der Waals surface area (Å²) in [4.78, 5) is 4.14. The zero-order chi connectivity index (χ0) is 8.39. The molecule has 3 nitrogen and oxygen atoms in total. The number of rotatable bonds is 1. The highest BCUT2D eigenvalue weighted by Crippen LogP contribution is 2.24. The van der Waals surface area contributed by atoms with Crippen LogP contribution in [-0.4, -0.2) is 10.1 Å². The van der Waals surface area contributed by atoms with Gasteiger partial charge < -0.3 is 4.52 Å². The fourth-order valence-corrected chi connectivity index (χ4v) is 1.36. The summed E-state index contributed by atoms with van der Waals surface area (Å²) in [5.74, 6) is 0.669. The van der Waals surface area contributed by atoms with Gasteiger partial charge in [0.2, 0.25) is 0 Å². The zero-order valence-electron chi connectivity index (χ0n) is 6.07. The molecule has 4 heteroatoms. The van der Waals surface area contributed by atoms with Crippen LogP contribution in [0.15, 0.2) is 39.6 Å². The molecule has 0 fully saturated rings. The van der Waals surface area contributed by atoms with Gasteiger partial charge in [-0.3, -0.25) is 4.98 Å². The molecule has 0 atom stereocenters. The predicted octanol–water partition coefficient (Wildman–Crippen LogP) is 2.50. The van der Waals surface area contributed by atoms with Gasteiger partial charge >= 0.3 is 0 Å². The first kappa shape index (κ1) is 7.49. The lowest BCUT2D eigenvalue weighted by molar-refractivity contribution is 0.431. The molecule has 0 aliphatic carbocycles. The Balaban J connectivity index is 2.55. The lowest BCUT2D eigenvalue weighted by atomic mass is 10.3. The highest BCUT2D eigenvalue weighted by molar-refractivity contribution is 9.10. The zero-order valence-corrected chi connectivity index (χ0v) is 7.65. The maximum atomic E-state index is 4.96. The molecular weight excluding hydrogens is 220 g/mol. The first-order chi connectivity index (χ1) is 5.88. The standard InChI is InChI=1S/C8H5BrN2O/c9-6-2-1-4-10-8(6)7-3-5-11-12-7/h1-5H. The summed E-state index contributed by atoms with van der Waals surface area (Å²) in [5.41, 5.74) is 0.773. The molecule has 0 unspecified atom stereocenters. The molecule has 0 amide bonds. The maximum Gasteiger partial charge on any atom is 0.186 e. The van der Waals surface area contributed by atoms with Gasteiger partial charge in [0, 0.05) is 16.7 Å². The van der Waals surface area contributed by atoms with Gasteiger partial charge in [-0.1, -0.05) is 5.16 Å². The summed E-state index contributed by atoms with van der Waals surface area (Å²) >= 11 is 3.37. The molecule has 0 aliphatic heterocycles. The van der Waals surface area contributed by atoms with Gasteiger partial charge in [-0.2, -0.15) is 0 Å². The van der Waals surface area contributed by atoms with Gasteiger partial charge in [-0.25, -0.2) is 0 Å². The Morgan fingerprint density at radius 2 is 2.17 bits per heavy atom. The lowest BCUT2D eigenvalue weighted by Gasteiger charge is -1.95. The van der Waals surface area contributed by atoms with Crippen LogP contribution >= 0.6 is 15.9 Å². The highest BCUT2D eigenvalue weighted by Gasteiger charge is 2.06. The molecule has 0 N–H and O–H groups in total. The normalized spacial score (nSPS) is 10.1. The molecule has 0 saturated heterocycles. The van der Waals surface area contributed by atoms with E-state index in [4.69, 9.17) is 4.52 Å². The monoisotopic (exact) mass is 224 g/mol. The Kier molecular flexibility index (Phi) is 1.91. The van der Waals surface area contributed by atoms with Crippen molar-refractivity contribution < 1.29 is 4.52 Å². The maximum absolute atomic E-state index is 4.96. The first-order valence-electron chi connectivity index (χ1n) is 3.39. The third-order valence-corrected chi connectivity index (χ3v) is 2.07. The topological polar surface area (TPSA) is 38.9 Å². The average Bonchev–Trinajstić information content (AvgIpc) is 2.57. The van der Waals surface area contributed by atoms with E-state index in [1.54, 1.807) is 18.5 Å². The number of aromatic nitrogens is 2. The first-order valence-corrected chi connectivity index (χ1v) is 4.19. The van der Waals surface area contributed by atoms with Gasteiger partial charge in [0.1, 0.15) is 5.69 Å². The minimum absolute atomic E-state index is 0.669. The van der Waals surface area contributed by atoms with Gasteiger partial charge in [0.15, 0.2) is 5.76 Å². The summed E-state index contributed by atoms with van der Waals surface area (Å²) in [6, 6.07) is 5.53. The minimum Gasteiger partial charge on any atom is -0.355 e. The van der Waals surface area contributed by atoms with Crippen molar-refractivity contribution in [3.63, 3.8) is 0 Å². The molecule has 0 aromatic carbocycles. The molecule has 0 saturated carbocycles. The summed E-state index contributed by atoms with van der Waals surface area (Å²) in [6.45, 7) is 0. The van der Waals surface area contributed by atoms with Crippen molar-refractivity contribution in [2.24, 2.45) is 0 Å². The summed E-state index contributed by atoms with van der Waals surface area (Å²) in [5, 5.41) is 3.60. The number of halogens is 1. The summed E-state index contributed by atoms with van der Waals surface area (Å²) in [6.07, 6.45) is 3.30. The van der Waals surface area contributed by atoms with Crippen LogP contribution in [0.3, 0.4) is 0 Å². The van der Waals surface area contributed by atoms with E-state index in [0.717, 1.165) is 10.2 Å². The Morgan fingerprint density at radius 3 is 2.83 bits per heavy atom. The SMILES string of the molecule is Brc1cccnc1-c1ccno1. The molecule has 0 spiro atoms. The molecule has 2 aromatic rings. The van der Waals surface area contributed by atoms with Crippen LogP contribution in [0.25, 0.3) is 11.5 Å². The molecule has 0 aliphatic rings. The largest absolute Gasteiger partial charge is 0.355 e. The number of hydrogen-bond donors (Lipinski definition) is 0. The van der Waals surface area contributed by atoms with Crippen LogP contribution in [0.2, 0.25) is 0 Å². The van der Waals surface area contributed by atoms with E-state index in [1.165, 1.54) is 0 Å². The minimum atomic E-state index is 0.669. The Labute approximate surface area is 77.5 Å². The van der Waals surface area contributed by atoms with Crippen molar-refractivity contribution in [2.45, 2.75) is 0 Å². The Bertz CT molecular complexity index is 372. The molecule has 0 radical (unpaired) electrons. The van der Waals surface area contributed by atoms with E-state index in [1.807, 2.05) is 12.1 Å². The van der Waals surface area contributed by atoms with Crippen molar-refractivity contribution in [3.8, 4) is 11.5 Å². The Morgan fingerprint density at radius 1 is 1.25 bits per heavy atom. The van der Waals surface area contributed by atoms with Crippen LogP contribution in [0.4, 0.5) is 0 Å². The van der Waals surface area contributed by atoms with Crippen LogP contribution in [0.5, 0.6) is 0 Å². The van der Waals surface area contributed by atoms with Crippen LogP contribution in [0, 0.1) is 0 Å². The van der Waals surface area contributed by atoms with Crippen molar-refractivity contribution in [3.05, 3.63) is 35.1 Å². The van der Waals surface area contributed by atoms with E-state index < -0.39 is 0 Å². The molecule has 0 bridgehead atoms. The molecule has 60 valence electrons. The highest BCUT2D eigenvalue weighted by atomic mass is 79.9. The quantitative estimate of drug-likeness (QED) is 0.748. The molecule has 2 rings (SSSR count). The second-order valence-corrected chi connectivity index (χ2v) is 3.06. The van der Waals surface area contributed by atoms with Gasteiger partial charge in [0.05, 0.1) is 6.20 Å². The van der Waals surface area contributed by atoms with Gasteiger partial charge in [-0.15, -0.1) is 0 Å². The summed E-state index contributed by atoms with van der Waals surface area (Å²) in [7, 11) is 0. The second-order valence-electron chi connectivity index (χ2n) is 2.21. The number of hydrogen-bond acceptors (Lipinski definition) is 3. The number of pyridine rings is 1. The van der Waals surface area contributed by atoms with Crippen molar-refractivity contribution in [1.82, 2.24) is 10.1 Å². The summed E-state index contributed by atoms with van der Waals surface area (Å²) < 4.78 is 5.86. The van der Waals surface area contributed by atoms with Crippen LogP contribution in [0.1, 0.15) is 0 Å². The molecule has 12 heavy (non-hydrogen) atoms. The van der Waals surface area contributed by atoms with E-state index in [2.05, 4.69) is 26.1 Å². The van der Waals surface area contributed by atoms with E-state index in [9.17, 15) is 0 Å². The van der Waals surface area contributed by atoms with Crippen molar-refractivity contribution in [1.29, 1.82) is 0 Å². The third-order valence-electron chi connectivity index (χ3n) is 1.43. The molecule has 2 heterocycles. The fraction of sp³-hybridized carbons (Fsp3) is 0. The van der Waals surface area contributed by atoms with E-state index in [0.29, 0.717) is 5.76 Å². The number of nitrogens with zero attached hydrogens (tertiary/aromatic N) is 2. The Hall–Kier alpha value is -1.16. The van der Waals surface area contributed by atoms with E-state index in [-0.39, 0.29) is 0 Å². The van der Waals surface area contributed by atoms with Crippen molar-refractivity contribution in [2.75, 3.05) is 0 Å². The predicted molar refractivity (Wildman–Crippen MR) is 47.4 cm³/mol. The lowest BCUT2D eigenvalue weighted by Crippen LogP contribution is -1.80. The fourth-order valence-electron chi connectivity index (χ4n) is 0.905. The average molecular weight is 225 g/mol. The van der Waals surface area contributed by atoms with E-state index >= 15 is 0 Å².